The molecule has 0 aliphatic carbocycles. The average molecular weight is 295 g/mol. The van der Waals surface area contributed by atoms with Gasteiger partial charge in [-0.1, -0.05) is 12.1 Å². The Morgan fingerprint density at radius 1 is 1.05 bits per heavy atom. The van der Waals surface area contributed by atoms with E-state index in [1.807, 2.05) is 12.1 Å². The smallest absolute Gasteiger partial charge is 0.268 e. The average Bonchev–Trinajstić information content (AvgIpc) is 3.09. The summed E-state index contributed by atoms with van der Waals surface area (Å²) in [5.41, 5.74) is 2.15. The first kappa shape index (κ1) is 14.0. The number of amides is 1. The lowest BCUT2D eigenvalue weighted by atomic mass is 9.99. The van der Waals surface area contributed by atoms with E-state index in [0.29, 0.717) is 5.69 Å². The number of H-pyrrole nitrogens is 1. The fraction of sp³-hybridized carbons (Fsp3) is 0.0588. The molecule has 1 atom stereocenters. The Kier molecular flexibility index (Phi) is 3.96. The Labute approximate surface area is 127 Å². The number of hydrogen-bond donors (Lipinski definition) is 2. The van der Waals surface area contributed by atoms with Gasteiger partial charge in [-0.2, -0.15) is 0 Å². The Morgan fingerprint density at radius 2 is 1.73 bits per heavy atom. The van der Waals surface area contributed by atoms with Crippen LogP contribution in [0.3, 0.4) is 0 Å². The fourth-order valence-corrected chi connectivity index (χ4v) is 2.25. The van der Waals surface area contributed by atoms with Crippen LogP contribution in [-0.4, -0.2) is 15.9 Å². The summed E-state index contributed by atoms with van der Waals surface area (Å²) in [6.45, 7) is 0. The molecule has 1 aromatic carbocycles. The first-order valence-electron chi connectivity index (χ1n) is 6.83. The van der Waals surface area contributed by atoms with Gasteiger partial charge in [-0.05, 0) is 47.5 Å². The van der Waals surface area contributed by atoms with E-state index in [0.717, 1.165) is 11.1 Å². The second-order valence-corrected chi connectivity index (χ2v) is 4.82. The number of rotatable bonds is 4. The maximum absolute atomic E-state index is 13.1. The van der Waals surface area contributed by atoms with Gasteiger partial charge in [0.05, 0.1) is 6.04 Å². The molecule has 4 nitrogen and oxygen atoms in total. The highest BCUT2D eigenvalue weighted by atomic mass is 19.1. The number of nitrogens with one attached hydrogen (secondary N) is 2. The van der Waals surface area contributed by atoms with E-state index in [-0.39, 0.29) is 17.8 Å². The highest BCUT2D eigenvalue weighted by Crippen LogP contribution is 2.22. The van der Waals surface area contributed by atoms with E-state index in [4.69, 9.17) is 0 Å². The number of carbonyl (C=O) groups excluding carboxylic acids is 1. The molecular weight excluding hydrogens is 281 g/mol. The van der Waals surface area contributed by atoms with Crippen molar-refractivity contribution in [2.24, 2.45) is 0 Å². The molecule has 5 heteroatoms. The van der Waals surface area contributed by atoms with E-state index >= 15 is 0 Å². The van der Waals surface area contributed by atoms with Crippen LogP contribution < -0.4 is 5.32 Å². The van der Waals surface area contributed by atoms with E-state index < -0.39 is 0 Å². The predicted octanol–water partition coefficient (Wildman–Crippen LogP) is 3.07. The fourth-order valence-electron chi connectivity index (χ4n) is 2.25. The molecular formula is C17H14FN3O. The van der Waals surface area contributed by atoms with Crippen LogP contribution in [0.4, 0.5) is 4.39 Å². The summed E-state index contributed by atoms with van der Waals surface area (Å²) in [5, 5.41) is 2.95. The lowest BCUT2D eigenvalue weighted by Gasteiger charge is -2.19. The van der Waals surface area contributed by atoms with Crippen LogP contribution in [0, 0.1) is 5.82 Å². The zero-order valence-corrected chi connectivity index (χ0v) is 11.7. The molecule has 1 unspecified atom stereocenters. The number of aromatic nitrogens is 2. The van der Waals surface area contributed by atoms with Gasteiger partial charge in [-0.25, -0.2) is 4.39 Å². The van der Waals surface area contributed by atoms with Crippen molar-refractivity contribution < 1.29 is 9.18 Å². The van der Waals surface area contributed by atoms with Crippen molar-refractivity contribution in [2.75, 3.05) is 0 Å². The summed E-state index contributed by atoms with van der Waals surface area (Å²) in [6, 6.07) is 12.8. The van der Waals surface area contributed by atoms with Gasteiger partial charge < -0.3 is 10.3 Å². The van der Waals surface area contributed by atoms with Crippen LogP contribution in [0.1, 0.15) is 27.7 Å². The van der Waals surface area contributed by atoms with Gasteiger partial charge in [0.25, 0.3) is 5.91 Å². The molecule has 110 valence electrons. The Hall–Kier alpha value is -2.95. The van der Waals surface area contributed by atoms with E-state index in [1.165, 1.54) is 12.1 Å². The van der Waals surface area contributed by atoms with E-state index in [9.17, 15) is 9.18 Å². The summed E-state index contributed by atoms with van der Waals surface area (Å²) in [6.07, 6.45) is 5.01. The molecule has 3 rings (SSSR count). The summed E-state index contributed by atoms with van der Waals surface area (Å²) < 4.78 is 13.1. The highest BCUT2D eigenvalue weighted by molar-refractivity contribution is 5.92. The second-order valence-electron chi connectivity index (χ2n) is 4.82. The molecule has 0 spiro atoms. The summed E-state index contributed by atoms with van der Waals surface area (Å²) in [4.78, 5) is 19.2. The molecule has 0 fully saturated rings. The SMILES string of the molecule is O=C(NC(c1ccncc1)c1ccc(F)cc1)c1ccc[nH]1. The third kappa shape index (κ3) is 3.03. The number of aromatic amines is 1. The lowest BCUT2D eigenvalue weighted by Crippen LogP contribution is -2.29. The number of pyridine rings is 1. The Morgan fingerprint density at radius 3 is 2.36 bits per heavy atom. The van der Waals surface area contributed by atoms with E-state index in [1.54, 1.807) is 42.9 Å². The first-order chi connectivity index (χ1) is 10.7. The molecule has 22 heavy (non-hydrogen) atoms. The van der Waals surface area contributed by atoms with Gasteiger partial charge in [0.15, 0.2) is 0 Å². The molecule has 1 amide bonds. The summed E-state index contributed by atoms with van der Waals surface area (Å²) in [5.74, 6) is -0.538. The van der Waals surface area contributed by atoms with Gasteiger partial charge >= 0.3 is 0 Å². The monoisotopic (exact) mass is 295 g/mol. The number of halogens is 1. The van der Waals surface area contributed by atoms with Crippen LogP contribution >= 0.6 is 0 Å². The minimum Gasteiger partial charge on any atom is -0.357 e. The molecule has 2 heterocycles. The molecule has 0 aliphatic heterocycles. The summed E-state index contributed by atoms with van der Waals surface area (Å²) >= 11 is 0. The Balaban J connectivity index is 1.93. The topological polar surface area (TPSA) is 57.8 Å². The van der Waals surface area contributed by atoms with Gasteiger partial charge in [0.2, 0.25) is 0 Å². The number of hydrogen-bond acceptors (Lipinski definition) is 2. The minimum atomic E-state index is -0.376. The van der Waals surface area contributed by atoms with Gasteiger partial charge in [0.1, 0.15) is 11.5 Å². The van der Waals surface area contributed by atoms with Crippen molar-refractivity contribution in [1.29, 1.82) is 0 Å². The quantitative estimate of drug-likeness (QED) is 0.777. The van der Waals surface area contributed by atoms with Crippen LogP contribution in [0.15, 0.2) is 67.1 Å². The molecule has 0 aliphatic rings. The normalized spacial score (nSPS) is 11.9. The largest absolute Gasteiger partial charge is 0.357 e. The molecule has 2 N–H and O–H groups in total. The van der Waals surface area contributed by atoms with Crippen LogP contribution in [0.25, 0.3) is 0 Å². The van der Waals surface area contributed by atoms with Crippen molar-refractivity contribution in [3.63, 3.8) is 0 Å². The number of nitrogens with zero attached hydrogens (tertiary/aromatic N) is 1. The molecule has 3 aromatic rings. The van der Waals surface area contributed by atoms with Crippen LogP contribution in [-0.2, 0) is 0 Å². The third-order valence-electron chi connectivity index (χ3n) is 3.36. The number of carbonyl (C=O) groups is 1. The lowest BCUT2D eigenvalue weighted by molar-refractivity contribution is 0.0938. The zero-order chi connectivity index (χ0) is 15.4. The highest BCUT2D eigenvalue weighted by Gasteiger charge is 2.18. The van der Waals surface area contributed by atoms with Crippen molar-refractivity contribution in [3.05, 3.63) is 89.8 Å². The molecule has 0 bridgehead atoms. The first-order valence-corrected chi connectivity index (χ1v) is 6.83. The molecule has 0 radical (unpaired) electrons. The zero-order valence-electron chi connectivity index (χ0n) is 11.7. The molecule has 2 aromatic heterocycles. The maximum atomic E-state index is 13.1. The van der Waals surface area contributed by atoms with Crippen molar-refractivity contribution in [3.8, 4) is 0 Å². The van der Waals surface area contributed by atoms with Crippen molar-refractivity contribution >= 4 is 5.91 Å². The van der Waals surface area contributed by atoms with Gasteiger partial charge in [0, 0.05) is 18.6 Å². The van der Waals surface area contributed by atoms with Crippen LogP contribution in [0.5, 0.6) is 0 Å². The third-order valence-corrected chi connectivity index (χ3v) is 3.36. The second kappa shape index (κ2) is 6.22. The van der Waals surface area contributed by atoms with Crippen LogP contribution in [0.2, 0.25) is 0 Å². The number of benzene rings is 1. The summed E-state index contributed by atoms with van der Waals surface area (Å²) in [7, 11) is 0. The van der Waals surface area contributed by atoms with Crippen molar-refractivity contribution in [1.82, 2.24) is 15.3 Å². The molecule has 0 saturated carbocycles. The van der Waals surface area contributed by atoms with E-state index in [2.05, 4.69) is 15.3 Å². The Bertz CT molecular complexity index is 739. The predicted molar refractivity (Wildman–Crippen MR) is 80.7 cm³/mol. The van der Waals surface area contributed by atoms with Crippen molar-refractivity contribution in [2.45, 2.75) is 6.04 Å². The maximum Gasteiger partial charge on any atom is 0.268 e. The van der Waals surface area contributed by atoms with Gasteiger partial charge in [-0.3, -0.25) is 9.78 Å². The standard InChI is InChI=1S/C17H14FN3O/c18-14-5-3-12(4-6-14)16(13-7-10-19-11-8-13)21-17(22)15-2-1-9-20-15/h1-11,16,20H,(H,21,22). The molecule has 0 saturated heterocycles. The van der Waals surface area contributed by atoms with Gasteiger partial charge in [-0.15, -0.1) is 0 Å². The minimum absolute atomic E-state index is 0.226.